The largest absolute Gasteiger partial charge is 0.484 e. The molecule has 0 aliphatic rings. The minimum atomic E-state index is -0.685. The number of nitrogens with one attached hydrogen (secondary N) is 1. The van der Waals surface area contributed by atoms with Crippen LogP contribution < -0.4 is 10.1 Å². The number of para-hydroxylation sites is 1. The standard InChI is InChI=1S/C16H15F2NO2/c1-11-4-2-3-5-15(11)21-10-16(20)19-9-12-6-7-13(17)8-14(12)18/h2-8H,9-10H2,1H3,(H,19,20). The highest BCUT2D eigenvalue weighted by molar-refractivity contribution is 5.77. The zero-order valence-corrected chi connectivity index (χ0v) is 11.5. The van der Waals surface area contributed by atoms with E-state index in [9.17, 15) is 13.6 Å². The summed E-state index contributed by atoms with van der Waals surface area (Å²) in [5.41, 5.74) is 1.15. The van der Waals surface area contributed by atoms with E-state index >= 15 is 0 Å². The van der Waals surface area contributed by atoms with E-state index in [0.717, 1.165) is 17.7 Å². The third-order valence-corrected chi connectivity index (χ3v) is 2.94. The number of carbonyl (C=O) groups is 1. The number of hydrogen-bond donors (Lipinski definition) is 1. The monoisotopic (exact) mass is 291 g/mol. The Balaban J connectivity index is 1.84. The van der Waals surface area contributed by atoms with Gasteiger partial charge in [-0.15, -0.1) is 0 Å². The Morgan fingerprint density at radius 3 is 2.67 bits per heavy atom. The third-order valence-electron chi connectivity index (χ3n) is 2.94. The van der Waals surface area contributed by atoms with Gasteiger partial charge in [0.05, 0.1) is 0 Å². The number of rotatable bonds is 5. The molecule has 0 aliphatic heterocycles. The molecule has 0 atom stereocenters. The van der Waals surface area contributed by atoms with E-state index in [1.54, 1.807) is 6.07 Å². The molecule has 0 fully saturated rings. The minimum Gasteiger partial charge on any atom is -0.484 e. The lowest BCUT2D eigenvalue weighted by Gasteiger charge is -2.09. The Kier molecular flexibility index (Phi) is 4.87. The van der Waals surface area contributed by atoms with Gasteiger partial charge in [-0.3, -0.25) is 4.79 Å². The van der Waals surface area contributed by atoms with Crippen LogP contribution in [-0.2, 0) is 11.3 Å². The second kappa shape index (κ2) is 6.83. The van der Waals surface area contributed by atoms with Crippen LogP contribution in [0.3, 0.4) is 0 Å². The fourth-order valence-electron chi connectivity index (χ4n) is 1.77. The van der Waals surface area contributed by atoms with E-state index in [-0.39, 0.29) is 24.6 Å². The number of aryl methyl sites for hydroxylation is 1. The molecule has 3 nitrogen and oxygen atoms in total. The Morgan fingerprint density at radius 2 is 1.95 bits per heavy atom. The second-order valence-corrected chi connectivity index (χ2v) is 4.57. The lowest BCUT2D eigenvalue weighted by Crippen LogP contribution is -2.28. The van der Waals surface area contributed by atoms with Crippen molar-refractivity contribution in [3.63, 3.8) is 0 Å². The van der Waals surface area contributed by atoms with Gasteiger partial charge in [-0.1, -0.05) is 24.3 Å². The smallest absolute Gasteiger partial charge is 0.258 e. The lowest BCUT2D eigenvalue weighted by atomic mass is 10.2. The van der Waals surface area contributed by atoms with Crippen LogP contribution in [0, 0.1) is 18.6 Å². The quantitative estimate of drug-likeness (QED) is 0.919. The first-order valence-corrected chi connectivity index (χ1v) is 6.45. The van der Waals surface area contributed by atoms with Crippen LogP contribution in [0.1, 0.15) is 11.1 Å². The SMILES string of the molecule is Cc1ccccc1OCC(=O)NCc1ccc(F)cc1F. The lowest BCUT2D eigenvalue weighted by molar-refractivity contribution is -0.123. The summed E-state index contributed by atoms with van der Waals surface area (Å²) in [4.78, 5) is 11.6. The topological polar surface area (TPSA) is 38.3 Å². The molecule has 0 radical (unpaired) electrons. The van der Waals surface area contributed by atoms with Gasteiger partial charge in [0.15, 0.2) is 6.61 Å². The number of benzene rings is 2. The summed E-state index contributed by atoms with van der Waals surface area (Å²) in [7, 11) is 0. The molecule has 1 amide bonds. The van der Waals surface area contributed by atoms with Gasteiger partial charge in [-0.05, 0) is 24.6 Å². The summed E-state index contributed by atoms with van der Waals surface area (Å²) in [5, 5.41) is 2.52. The first-order chi connectivity index (χ1) is 10.1. The normalized spacial score (nSPS) is 10.2. The van der Waals surface area contributed by atoms with Crippen molar-refractivity contribution in [1.29, 1.82) is 0 Å². The van der Waals surface area contributed by atoms with E-state index in [4.69, 9.17) is 4.74 Å². The van der Waals surface area contributed by atoms with Crippen LogP contribution in [0.2, 0.25) is 0 Å². The van der Waals surface area contributed by atoms with Crippen LogP contribution in [0.25, 0.3) is 0 Å². The highest BCUT2D eigenvalue weighted by Gasteiger charge is 2.07. The number of carbonyl (C=O) groups excluding carboxylic acids is 1. The number of amides is 1. The van der Waals surface area contributed by atoms with Crippen LogP contribution in [-0.4, -0.2) is 12.5 Å². The first kappa shape index (κ1) is 15.0. The predicted molar refractivity (Wildman–Crippen MR) is 74.9 cm³/mol. The van der Waals surface area contributed by atoms with Crippen molar-refractivity contribution in [2.24, 2.45) is 0 Å². The van der Waals surface area contributed by atoms with Crippen molar-refractivity contribution in [2.75, 3.05) is 6.61 Å². The van der Waals surface area contributed by atoms with Gasteiger partial charge in [0, 0.05) is 18.2 Å². The average Bonchev–Trinajstić information content (AvgIpc) is 2.45. The number of hydrogen-bond acceptors (Lipinski definition) is 2. The van der Waals surface area contributed by atoms with Crippen molar-refractivity contribution >= 4 is 5.91 Å². The molecular weight excluding hydrogens is 276 g/mol. The highest BCUT2D eigenvalue weighted by Crippen LogP contribution is 2.15. The molecule has 2 aromatic carbocycles. The zero-order chi connectivity index (χ0) is 15.2. The summed E-state index contributed by atoms with van der Waals surface area (Å²) in [6.45, 7) is 1.71. The Bertz CT molecular complexity index is 644. The van der Waals surface area contributed by atoms with Gasteiger partial charge in [-0.25, -0.2) is 8.78 Å². The number of halogens is 2. The molecule has 0 unspecified atom stereocenters. The van der Waals surface area contributed by atoms with Crippen LogP contribution in [0.15, 0.2) is 42.5 Å². The molecule has 1 N–H and O–H groups in total. The molecule has 0 saturated heterocycles. The van der Waals surface area contributed by atoms with Crippen molar-refractivity contribution in [1.82, 2.24) is 5.32 Å². The van der Waals surface area contributed by atoms with Crippen LogP contribution >= 0.6 is 0 Å². The summed E-state index contributed by atoms with van der Waals surface area (Å²) in [6.07, 6.45) is 0. The zero-order valence-electron chi connectivity index (χ0n) is 11.5. The van der Waals surface area contributed by atoms with E-state index in [0.29, 0.717) is 5.75 Å². The van der Waals surface area contributed by atoms with E-state index < -0.39 is 11.6 Å². The Morgan fingerprint density at radius 1 is 1.19 bits per heavy atom. The Hall–Kier alpha value is -2.43. The van der Waals surface area contributed by atoms with E-state index in [2.05, 4.69) is 5.32 Å². The molecule has 5 heteroatoms. The molecule has 0 spiro atoms. The molecule has 0 aromatic heterocycles. The van der Waals surface area contributed by atoms with Gasteiger partial charge in [-0.2, -0.15) is 0 Å². The predicted octanol–water partition coefficient (Wildman–Crippen LogP) is 2.97. The van der Waals surface area contributed by atoms with Gasteiger partial charge in [0.2, 0.25) is 0 Å². The van der Waals surface area contributed by atoms with Crippen LogP contribution in [0.5, 0.6) is 5.75 Å². The van der Waals surface area contributed by atoms with Crippen molar-refractivity contribution in [3.05, 3.63) is 65.2 Å². The van der Waals surface area contributed by atoms with Crippen molar-refractivity contribution < 1.29 is 18.3 Å². The summed E-state index contributed by atoms with van der Waals surface area (Å²) >= 11 is 0. The maximum Gasteiger partial charge on any atom is 0.258 e. The van der Waals surface area contributed by atoms with Gasteiger partial charge < -0.3 is 10.1 Å². The van der Waals surface area contributed by atoms with Gasteiger partial charge in [0.25, 0.3) is 5.91 Å². The molecule has 21 heavy (non-hydrogen) atoms. The second-order valence-electron chi connectivity index (χ2n) is 4.57. The van der Waals surface area contributed by atoms with Gasteiger partial charge >= 0.3 is 0 Å². The van der Waals surface area contributed by atoms with Crippen molar-refractivity contribution in [2.45, 2.75) is 13.5 Å². The van der Waals surface area contributed by atoms with Crippen LogP contribution in [0.4, 0.5) is 8.78 Å². The van der Waals surface area contributed by atoms with E-state index in [1.165, 1.54) is 6.07 Å². The van der Waals surface area contributed by atoms with Crippen molar-refractivity contribution in [3.8, 4) is 5.75 Å². The molecule has 0 bridgehead atoms. The molecule has 0 aliphatic carbocycles. The Labute approximate surface area is 121 Å². The molecule has 2 rings (SSSR count). The first-order valence-electron chi connectivity index (χ1n) is 6.45. The van der Waals surface area contributed by atoms with E-state index in [1.807, 2.05) is 25.1 Å². The highest BCUT2D eigenvalue weighted by atomic mass is 19.1. The summed E-state index contributed by atoms with van der Waals surface area (Å²) in [6, 6.07) is 10.6. The summed E-state index contributed by atoms with van der Waals surface area (Å²) < 4.78 is 31.5. The molecular formula is C16H15F2NO2. The summed E-state index contributed by atoms with van der Waals surface area (Å²) in [5.74, 6) is -1.08. The molecule has 110 valence electrons. The maximum atomic E-state index is 13.4. The fourth-order valence-corrected chi connectivity index (χ4v) is 1.77. The molecule has 2 aromatic rings. The molecule has 0 heterocycles. The maximum absolute atomic E-state index is 13.4. The minimum absolute atomic E-state index is 0.0118. The fraction of sp³-hybridized carbons (Fsp3) is 0.188. The third kappa shape index (κ3) is 4.27. The average molecular weight is 291 g/mol. The number of ether oxygens (including phenoxy) is 1. The molecule has 0 saturated carbocycles. The van der Waals surface area contributed by atoms with Gasteiger partial charge in [0.1, 0.15) is 17.4 Å².